The fourth-order valence-corrected chi connectivity index (χ4v) is 2.61. The second-order valence-corrected chi connectivity index (χ2v) is 4.86. The van der Waals surface area contributed by atoms with Crippen LogP contribution >= 0.6 is 0 Å². The SMILES string of the molecule is CCc1c(C(CC)CC)nn(-c2ccccc2)c1N. The average Bonchev–Trinajstić information content (AvgIpc) is 2.78. The summed E-state index contributed by atoms with van der Waals surface area (Å²) in [7, 11) is 0. The monoisotopic (exact) mass is 257 g/mol. The van der Waals surface area contributed by atoms with Gasteiger partial charge >= 0.3 is 0 Å². The van der Waals surface area contributed by atoms with Crippen LogP contribution in [-0.4, -0.2) is 9.78 Å². The van der Waals surface area contributed by atoms with E-state index in [2.05, 4.69) is 20.8 Å². The highest BCUT2D eigenvalue weighted by atomic mass is 15.3. The maximum Gasteiger partial charge on any atom is 0.130 e. The number of hydrogen-bond donors (Lipinski definition) is 1. The van der Waals surface area contributed by atoms with Crippen LogP contribution in [0.15, 0.2) is 30.3 Å². The van der Waals surface area contributed by atoms with Crippen LogP contribution in [0.3, 0.4) is 0 Å². The molecule has 3 heteroatoms. The molecule has 2 N–H and O–H groups in total. The molecule has 1 aromatic carbocycles. The standard InChI is InChI=1S/C16H23N3/c1-4-12(5-2)15-14(6-3)16(17)19(18-15)13-10-8-7-9-11-13/h7-12H,4-6,17H2,1-3H3. The molecule has 0 saturated heterocycles. The molecule has 2 rings (SSSR count). The Labute approximate surface area is 115 Å². The Bertz CT molecular complexity index is 524. The third-order valence-electron chi connectivity index (χ3n) is 3.78. The van der Waals surface area contributed by atoms with Crippen LogP contribution in [0.5, 0.6) is 0 Å². The van der Waals surface area contributed by atoms with Crippen molar-refractivity contribution in [1.29, 1.82) is 0 Å². The summed E-state index contributed by atoms with van der Waals surface area (Å²) in [4.78, 5) is 0. The third kappa shape index (κ3) is 2.50. The molecule has 1 aromatic heterocycles. The highest BCUT2D eigenvalue weighted by Gasteiger charge is 2.20. The fraction of sp³-hybridized carbons (Fsp3) is 0.438. The van der Waals surface area contributed by atoms with Crippen LogP contribution in [0, 0.1) is 0 Å². The Kier molecular flexibility index (Phi) is 4.25. The van der Waals surface area contributed by atoms with Crippen molar-refractivity contribution in [2.75, 3.05) is 5.73 Å². The molecule has 0 bridgehead atoms. The predicted octanol–water partition coefficient (Wildman–Crippen LogP) is 3.92. The molecule has 0 atom stereocenters. The van der Waals surface area contributed by atoms with Crippen molar-refractivity contribution < 1.29 is 0 Å². The van der Waals surface area contributed by atoms with E-state index in [-0.39, 0.29) is 0 Å². The van der Waals surface area contributed by atoms with Gasteiger partial charge in [0.1, 0.15) is 5.82 Å². The molecule has 0 spiro atoms. The molecule has 0 fully saturated rings. The molecule has 0 amide bonds. The Morgan fingerprint density at radius 3 is 2.26 bits per heavy atom. The van der Waals surface area contributed by atoms with Gasteiger partial charge in [0.25, 0.3) is 0 Å². The van der Waals surface area contributed by atoms with Gasteiger partial charge in [-0.15, -0.1) is 0 Å². The number of para-hydroxylation sites is 1. The number of rotatable bonds is 5. The molecule has 2 aromatic rings. The topological polar surface area (TPSA) is 43.8 Å². The quantitative estimate of drug-likeness (QED) is 0.882. The van der Waals surface area contributed by atoms with E-state index >= 15 is 0 Å². The van der Waals surface area contributed by atoms with Gasteiger partial charge < -0.3 is 5.73 Å². The van der Waals surface area contributed by atoms with Gasteiger partial charge in [0.2, 0.25) is 0 Å². The van der Waals surface area contributed by atoms with Crippen molar-refractivity contribution in [3.05, 3.63) is 41.6 Å². The summed E-state index contributed by atoms with van der Waals surface area (Å²) in [6.45, 7) is 6.57. The van der Waals surface area contributed by atoms with Crippen LogP contribution in [-0.2, 0) is 6.42 Å². The largest absolute Gasteiger partial charge is 0.383 e. The lowest BCUT2D eigenvalue weighted by molar-refractivity contribution is 0.609. The van der Waals surface area contributed by atoms with Crippen LogP contribution in [0.4, 0.5) is 5.82 Å². The van der Waals surface area contributed by atoms with E-state index in [1.165, 1.54) is 11.3 Å². The first-order chi connectivity index (χ1) is 9.22. The highest BCUT2D eigenvalue weighted by molar-refractivity contribution is 5.50. The highest BCUT2D eigenvalue weighted by Crippen LogP contribution is 2.30. The van der Waals surface area contributed by atoms with Gasteiger partial charge in [-0.25, -0.2) is 4.68 Å². The fourth-order valence-electron chi connectivity index (χ4n) is 2.61. The molecule has 0 radical (unpaired) electrons. The minimum absolute atomic E-state index is 0.502. The van der Waals surface area contributed by atoms with Gasteiger partial charge in [-0.2, -0.15) is 5.10 Å². The zero-order chi connectivity index (χ0) is 13.8. The predicted molar refractivity (Wildman–Crippen MR) is 80.7 cm³/mol. The first kappa shape index (κ1) is 13.7. The number of nitrogens with two attached hydrogens (primary N) is 1. The average molecular weight is 257 g/mol. The summed E-state index contributed by atoms with van der Waals surface area (Å²) >= 11 is 0. The van der Waals surface area contributed by atoms with Crippen LogP contribution in [0.1, 0.15) is 50.8 Å². The molecular weight excluding hydrogens is 234 g/mol. The molecule has 0 unspecified atom stereocenters. The van der Waals surface area contributed by atoms with Crippen LogP contribution in [0.25, 0.3) is 5.69 Å². The Hall–Kier alpha value is -1.77. The van der Waals surface area contributed by atoms with E-state index in [1.807, 2.05) is 35.0 Å². The number of hydrogen-bond acceptors (Lipinski definition) is 2. The van der Waals surface area contributed by atoms with E-state index in [0.717, 1.165) is 30.8 Å². The van der Waals surface area contributed by atoms with Crippen molar-refractivity contribution in [2.45, 2.75) is 46.0 Å². The van der Waals surface area contributed by atoms with Gasteiger partial charge in [0.05, 0.1) is 11.4 Å². The Morgan fingerprint density at radius 1 is 1.11 bits per heavy atom. The van der Waals surface area contributed by atoms with Crippen molar-refractivity contribution in [1.82, 2.24) is 9.78 Å². The van der Waals surface area contributed by atoms with E-state index < -0.39 is 0 Å². The number of nitrogen functional groups attached to an aromatic ring is 1. The van der Waals surface area contributed by atoms with Gasteiger partial charge in [-0.1, -0.05) is 39.0 Å². The van der Waals surface area contributed by atoms with E-state index in [4.69, 9.17) is 10.8 Å². The second kappa shape index (κ2) is 5.91. The maximum absolute atomic E-state index is 6.29. The summed E-state index contributed by atoms with van der Waals surface area (Å²) in [6.07, 6.45) is 3.15. The van der Waals surface area contributed by atoms with Gasteiger partial charge in [0, 0.05) is 11.5 Å². The number of benzene rings is 1. The zero-order valence-corrected chi connectivity index (χ0v) is 12.1. The van der Waals surface area contributed by atoms with Crippen LogP contribution < -0.4 is 5.73 Å². The van der Waals surface area contributed by atoms with Gasteiger partial charge in [-0.3, -0.25) is 0 Å². The molecule has 1 heterocycles. The molecule has 3 nitrogen and oxygen atoms in total. The molecule has 0 aliphatic heterocycles. The molecule has 0 aliphatic carbocycles. The van der Waals surface area contributed by atoms with Crippen molar-refractivity contribution >= 4 is 5.82 Å². The summed E-state index contributed by atoms with van der Waals surface area (Å²) in [6, 6.07) is 10.1. The van der Waals surface area contributed by atoms with Crippen molar-refractivity contribution in [2.24, 2.45) is 0 Å². The first-order valence-electron chi connectivity index (χ1n) is 7.15. The number of aromatic nitrogens is 2. The van der Waals surface area contributed by atoms with E-state index in [1.54, 1.807) is 0 Å². The van der Waals surface area contributed by atoms with Crippen LogP contribution in [0.2, 0.25) is 0 Å². The maximum atomic E-state index is 6.29. The molecular formula is C16H23N3. The van der Waals surface area contributed by atoms with Crippen molar-refractivity contribution in [3.8, 4) is 5.69 Å². The molecule has 0 aliphatic rings. The smallest absolute Gasteiger partial charge is 0.130 e. The third-order valence-corrected chi connectivity index (χ3v) is 3.78. The lowest BCUT2D eigenvalue weighted by Crippen LogP contribution is -2.02. The van der Waals surface area contributed by atoms with E-state index in [0.29, 0.717) is 5.92 Å². The first-order valence-corrected chi connectivity index (χ1v) is 7.15. The molecule has 19 heavy (non-hydrogen) atoms. The lowest BCUT2D eigenvalue weighted by Gasteiger charge is -2.10. The zero-order valence-electron chi connectivity index (χ0n) is 12.1. The van der Waals surface area contributed by atoms with Crippen molar-refractivity contribution in [3.63, 3.8) is 0 Å². The lowest BCUT2D eigenvalue weighted by atomic mass is 9.95. The Morgan fingerprint density at radius 2 is 1.74 bits per heavy atom. The second-order valence-electron chi connectivity index (χ2n) is 4.86. The Balaban J connectivity index is 2.53. The summed E-state index contributed by atoms with van der Waals surface area (Å²) in [5, 5.41) is 4.78. The minimum atomic E-state index is 0.502. The van der Waals surface area contributed by atoms with Gasteiger partial charge in [-0.05, 0) is 31.4 Å². The summed E-state index contributed by atoms with van der Waals surface area (Å²) < 4.78 is 1.88. The number of nitrogens with zero attached hydrogens (tertiary/aromatic N) is 2. The number of anilines is 1. The summed E-state index contributed by atoms with van der Waals surface area (Å²) in [5.41, 5.74) is 9.71. The summed E-state index contributed by atoms with van der Waals surface area (Å²) in [5.74, 6) is 1.29. The minimum Gasteiger partial charge on any atom is -0.383 e. The van der Waals surface area contributed by atoms with Gasteiger partial charge in [0.15, 0.2) is 0 Å². The van der Waals surface area contributed by atoms with E-state index in [9.17, 15) is 0 Å². The molecule has 0 saturated carbocycles. The molecule has 102 valence electrons. The normalized spacial score (nSPS) is 11.2.